The predicted octanol–water partition coefficient (Wildman–Crippen LogP) is 5.17. The molecule has 0 saturated carbocycles. The highest BCUT2D eigenvalue weighted by Gasteiger charge is 2.28. The van der Waals surface area contributed by atoms with Crippen LogP contribution in [0.2, 0.25) is 0 Å². The van der Waals surface area contributed by atoms with E-state index in [1.807, 2.05) is 30.3 Å². The summed E-state index contributed by atoms with van der Waals surface area (Å²) in [5.74, 6) is 0.456. The summed E-state index contributed by atoms with van der Waals surface area (Å²) in [5, 5.41) is 3.42. The number of nitrogens with zero attached hydrogens (tertiary/aromatic N) is 1. The third kappa shape index (κ3) is 4.02. The highest BCUT2D eigenvalue weighted by atomic mass is 79.9. The van der Waals surface area contributed by atoms with Gasteiger partial charge in [-0.15, -0.1) is 6.58 Å². The van der Waals surface area contributed by atoms with Crippen molar-refractivity contribution < 1.29 is 8.42 Å². The molecule has 1 saturated heterocycles. The van der Waals surface area contributed by atoms with Crippen LogP contribution in [-0.4, -0.2) is 26.5 Å². The first kappa shape index (κ1) is 20.3. The Kier molecular flexibility index (Phi) is 5.86. The van der Waals surface area contributed by atoms with Crippen LogP contribution < -0.4 is 5.32 Å². The summed E-state index contributed by atoms with van der Waals surface area (Å²) in [7, 11) is -3.66. The van der Waals surface area contributed by atoms with E-state index in [9.17, 15) is 8.42 Å². The molecule has 0 aliphatic carbocycles. The van der Waals surface area contributed by atoms with Crippen molar-refractivity contribution in [3.05, 3.63) is 83.0 Å². The first-order valence-electron chi connectivity index (χ1n) is 9.72. The third-order valence-electron chi connectivity index (χ3n) is 5.55. The zero-order chi connectivity index (χ0) is 20.4. The van der Waals surface area contributed by atoms with Gasteiger partial charge in [-0.25, -0.2) is 8.42 Å². The lowest BCUT2D eigenvalue weighted by Crippen LogP contribution is -2.26. The molecule has 4 nitrogen and oxygen atoms in total. The minimum absolute atomic E-state index is 0.220. The van der Waals surface area contributed by atoms with Gasteiger partial charge in [0.2, 0.25) is 0 Å². The Morgan fingerprint density at radius 3 is 2.62 bits per heavy atom. The number of para-hydroxylation sites is 1. The second kappa shape index (κ2) is 8.38. The second-order valence-corrected chi connectivity index (χ2v) is 10.4. The second-order valence-electron chi connectivity index (χ2n) is 7.37. The molecule has 0 bridgehead atoms. The Morgan fingerprint density at radius 2 is 1.90 bits per heavy atom. The molecule has 1 aliphatic heterocycles. The Labute approximate surface area is 180 Å². The summed E-state index contributed by atoms with van der Waals surface area (Å²) in [4.78, 5) is 4.83. The van der Waals surface area contributed by atoms with Crippen LogP contribution in [0.5, 0.6) is 0 Å². The summed E-state index contributed by atoms with van der Waals surface area (Å²) in [6.07, 6.45) is 5.12. The number of halogens is 1. The molecule has 0 amide bonds. The van der Waals surface area contributed by atoms with Crippen molar-refractivity contribution in [1.82, 2.24) is 10.3 Å². The Balaban J connectivity index is 1.76. The zero-order valence-electron chi connectivity index (χ0n) is 16.0. The smallest absolute Gasteiger partial charge is 0.190 e. The van der Waals surface area contributed by atoms with E-state index in [1.54, 1.807) is 12.1 Å². The summed E-state index contributed by atoms with van der Waals surface area (Å²) in [6, 6.07) is 15.1. The fraction of sp³-hybridized carbons (Fsp3) is 0.261. The largest absolute Gasteiger partial charge is 0.317 e. The number of nitrogens with one attached hydrogen (secondary N) is 1. The molecule has 1 aliphatic rings. The van der Waals surface area contributed by atoms with Gasteiger partial charge in [0.05, 0.1) is 10.4 Å². The number of rotatable bonds is 5. The molecule has 150 valence electrons. The van der Waals surface area contributed by atoms with Crippen molar-refractivity contribution in [3.8, 4) is 0 Å². The van der Waals surface area contributed by atoms with Crippen LogP contribution >= 0.6 is 15.9 Å². The lowest BCUT2D eigenvalue weighted by Gasteiger charge is -2.24. The van der Waals surface area contributed by atoms with Gasteiger partial charge in [0.1, 0.15) is 5.25 Å². The number of piperidine rings is 1. The first-order valence-corrected chi connectivity index (χ1v) is 12.1. The highest BCUT2D eigenvalue weighted by Crippen LogP contribution is 2.34. The number of aromatic nitrogens is 1. The van der Waals surface area contributed by atoms with Crippen molar-refractivity contribution >= 4 is 36.7 Å². The van der Waals surface area contributed by atoms with Gasteiger partial charge >= 0.3 is 0 Å². The SMILES string of the molecule is C=CC(c1cccc(Br)c1)S(=O)(=O)c1cnc2c(C3CCNCC3)cccc2c1. The molecule has 1 aromatic heterocycles. The van der Waals surface area contributed by atoms with Gasteiger partial charge in [0.15, 0.2) is 9.84 Å². The third-order valence-corrected chi connectivity index (χ3v) is 8.06. The molecule has 1 unspecified atom stereocenters. The van der Waals surface area contributed by atoms with Crippen molar-refractivity contribution in [3.63, 3.8) is 0 Å². The van der Waals surface area contributed by atoms with Gasteiger partial charge in [-0.2, -0.15) is 0 Å². The maximum atomic E-state index is 13.4. The van der Waals surface area contributed by atoms with E-state index in [4.69, 9.17) is 0 Å². The van der Waals surface area contributed by atoms with E-state index in [0.717, 1.165) is 41.3 Å². The Bertz CT molecular complexity index is 1150. The van der Waals surface area contributed by atoms with Crippen molar-refractivity contribution in [2.75, 3.05) is 13.1 Å². The average Bonchev–Trinajstić information content (AvgIpc) is 2.74. The normalized spacial score (nSPS) is 16.6. The molecule has 0 spiro atoms. The van der Waals surface area contributed by atoms with Gasteiger partial charge in [-0.05, 0) is 61.2 Å². The van der Waals surface area contributed by atoms with Crippen LogP contribution in [0.1, 0.15) is 35.1 Å². The molecule has 29 heavy (non-hydrogen) atoms. The summed E-state index contributed by atoms with van der Waals surface area (Å²) >= 11 is 3.41. The minimum atomic E-state index is -3.66. The maximum absolute atomic E-state index is 13.4. The standard InChI is InChI=1S/C23H23BrN2O2S/c1-2-22(17-5-3-7-19(24)13-17)29(27,28)20-14-18-6-4-8-21(23(18)26-15-20)16-9-11-25-12-10-16/h2-8,13-16,22,25H,1,9-12H2. The molecule has 0 radical (unpaired) electrons. The molecule has 1 fully saturated rings. The Hall–Kier alpha value is -2.02. The van der Waals surface area contributed by atoms with Crippen LogP contribution in [0, 0.1) is 0 Å². The molecule has 4 rings (SSSR count). The van der Waals surface area contributed by atoms with E-state index in [2.05, 4.69) is 38.9 Å². The van der Waals surface area contributed by atoms with Gasteiger partial charge in [-0.3, -0.25) is 4.98 Å². The lowest BCUT2D eigenvalue weighted by atomic mass is 9.89. The van der Waals surface area contributed by atoms with Crippen LogP contribution in [0.4, 0.5) is 0 Å². The van der Waals surface area contributed by atoms with Crippen LogP contribution in [0.3, 0.4) is 0 Å². The van der Waals surface area contributed by atoms with E-state index in [-0.39, 0.29) is 4.90 Å². The van der Waals surface area contributed by atoms with Crippen molar-refractivity contribution in [2.24, 2.45) is 0 Å². The summed E-state index contributed by atoms with van der Waals surface area (Å²) < 4.78 is 27.6. The average molecular weight is 471 g/mol. The lowest BCUT2D eigenvalue weighted by molar-refractivity contribution is 0.462. The molecule has 6 heteroatoms. The van der Waals surface area contributed by atoms with Crippen molar-refractivity contribution in [1.29, 1.82) is 0 Å². The van der Waals surface area contributed by atoms with Crippen LogP contribution in [0.25, 0.3) is 10.9 Å². The van der Waals surface area contributed by atoms with E-state index < -0.39 is 15.1 Å². The number of hydrogen-bond acceptors (Lipinski definition) is 4. The molecule has 2 aromatic carbocycles. The van der Waals surface area contributed by atoms with Crippen LogP contribution in [0.15, 0.2) is 76.8 Å². The number of sulfone groups is 1. The first-order chi connectivity index (χ1) is 14.0. The summed E-state index contributed by atoms with van der Waals surface area (Å²) in [5.41, 5.74) is 2.79. The van der Waals surface area contributed by atoms with Gasteiger partial charge < -0.3 is 5.32 Å². The number of hydrogen-bond donors (Lipinski definition) is 1. The van der Waals surface area contributed by atoms with Gasteiger partial charge in [-0.1, -0.05) is 52.3 Å². The zero-order valence-corrected chi connectivity index (χ0v) is 18.4. The minimum Gasteiger partial charge on any atom is -0.317 e. The highest BCUT2D eigenvalue weighted by molar-refractivity contribution is 9.10. The fourth-order valence-corrected chi connectivity index (χ4v) is 6.01. The number of benzene rings is 2. The molecular weight excluding hydrogens is 448 g/mol. The quantitative estimate of drug-likeness (QED) is 0.522. The molecular formula is C23H23BrN2O2S. The molecule has 2 heterocycles. The monoisotopic (exact) mass is 470 g/mol. The Morgan fingerprint density at radius 1 is 1.14 bits per heavy atom. The van der Waals surface area contributed by atoms with Crippen molar-refractivity contribution in [2.45, 2.75) is 28.9 Å². The summed E-state index contributed by atoms with van der Waals surface area (Å²) in [6.45, 7) is 5.78. The maximum Gasteiger partial charge on any atom is 0.190 e. The number of pyridine rings is 1. The topological polar surface area (TPSA) is 59.1 Å². The molecule has 1 N–H and O–H groups in total. The van der Waals surface area contributed by atoms with Gasteiger partial charge in [0.25, 0.3) is 0 Å². The van der Waals surface area contributed by atoms with E-state index in [0.29, 0.717) is 11.5 Å². The van der Waals surface area contributed by atoms with Crippen LogP contribution in [-0.2, 0) is 9.84 Å². The fourth-order valence-electron chi connectivity index (χ4n) is 4.05. The van der Waals surface area contributed by atoms with E-state index in [1.165, 1.54) is 17.8 Å². The number of fused-ring (bicyclic) bond motifs is 1. The molecule has 1 atom stereocenters. The predicted molar refractivity (Wildman–Crippen MR) is 121 cm³/mol. The molecule has 3 aromatic rings. The van der Waals surface area contributed by atoms with Gasteiger partial charge in [0, 0.05) is 16.1 Å². The van der Waals surface area contributed by atoms with E-state index >= 15 is 0 Å².